The summed E-state index contributed by atoms with van der Waals surface area (Å²) < 4.78 is 27.3. The molecule has 0 amide bonds. The molecular weight excluding hydrogens is 375 g/mol. The number of hydrogen-bond donors (Lipinski definition) is 3. The standard InChI is InChI=1S/C6H14O12P2.2Mg/c7-3(1-17-19(11,12)13)5(9)6(10)4(8)2-18-20(14,15)16;;/h3,5-7,9-10H,1-2H2,(H2,11,12,13)(H2,14,15,16);;/q;2*+2/p-4. The minimum absolute atomic E-state index is 0. The first-order valence-corrected chi connectivity index (χ1v) is 7.65. The Morgan fingerprint density at radius 1 is 0.955 bits per heavy atom. The maximum atomic E-state index is 11.1. The topological polar surface area (TPSA) is 223 Å². The second kappa shape index (κ2) is 11.8. The van der Waals surface area contributed by atoms with Gasteiger partial charge in [-0.25, -0.2) is 0 Å². The summed E-state index contributed by atoms with van der Waals surface area (Å²) in [5.74, 6) is -1.48. The summed E-state index contributed by atoms with van der Waals surface area (Å²) in [5.41, 5.74) is 0. The molecule has 3 N–H and O–H groups in total. The van der Waals surface area contributed by atoms with Crippen LogP contribution in [0.15, 0.2) is 0 Å². The van der Waals surface area contributed by atoms with Gasteiger partial charge in [-0.2, -0.15) is 0 Å². The van der Waals surface area contributed by atoms with Crippen LogP contribution in [0.1, 0.15) is 0 Å². The van der Waals surface area contributed by atoms with E-state index in [1.54, 1.807) is 0 Å². The largest absolute Gasteiger partial charge is 2.00 e. The zero-order valence-corrected chi connectivity index (χ0v) is 15.6. The van der Waals surface area contributed by atoms with Gasteiger partial charge in [0.25, 0.3) is 0 Å². The minimum Gasteiger partial charge on any atom is -0.790 e. The average molecular weight is 385 g/mol. The van der Waals surface area contributed by atoms with E-state index < -0.39 is 53.0 Å². The molecule has 0 radical (unpaired) electrons. The molecule has 0 aromatic rings. The molecule has 3 unspecified atom stereocenters. The molecule has 0 spiro atoms. The molecule has 0 aliphatic carbocycles. The molecule has 12 nitrogen and oxygen atoms in total. The van der Waals surface area contributed by atoms with Gasteiger partial charge in [0.2, 0.25) is 0 Å². The maximum Gasteiger partial charge on any atom is 2.00 e. The quantitative estimate of drug-likeness (QED) is 0.249. The Kier molecular flexibility index (Phi) is 15.1. The molecule has 0 saturated heterocycles. The number of aliphatic hydroxyl groups excluding tert-OH is 3. The summed E-state index contributed by atoms with van der Waals surface area (Å²) in [4.78, 5) is 51.4. The molecule has 0 aromatic heterocycles. The minimum atomic E-state index is -5.47. The molecule has 0 aromatic carbocycles. The number of Topliss-reactive ketones (excluding diaryl/α,β-unsaturated/α-hetero) is 1. The van der Waals surface area contributed by atoms with E-state index in [0.29, 0.717) is 0 Å². The predicted molar refractivity (Wildman–Crippen MR) is 61.7 cm³/mol. The van der Waals surface area contributed by atoms with Crippen molar-refractivity contribution in [3.8, 4) is 0 Å². The first kappa shape index (κ1) is 28.1. The van der Waals surface area contributed by atoms with Crippen LogP contribution in [0.3, 0.4) is 0 Å². The Morgan fingerprint density at radius 2 is 1.36 bits per heavy atom. The first-order chi connectivity index (χ1) is 8.83. The van der Waals surface area contributed by atoms with Gasteiger partial charge < -0.3 is 53.1 Å². The molecule has 0 aliphatic rings. The first-order valence-electron chi connectivity index (χ1n) is 4.73. The van der Waals surface area contributed by atoms with Gasteiger partial charge in [-0.1, -0.05) is 0 Å². The number of ketones is 1. The molecular formula is C6H10Mg2O12P2. The summed E-state index contributed by atoms with van der Waals surface area (Å²) in [7, 11) is -10.9. The molecule has 0 aliphatic heterocycles. The molecule has 0 bridgehead atoms. The predicted octanol–water partition coefficient (Wildman–Crippen LogP) is -6.43. The second-order valence-electron chi connectivity index (χ2n) is 3.43. The van der Waals surface area contributed by atoms with Crippen molar-refractivity contribution >= 4 is 67.5 Å². The summed E-state index contributed by atoms with van der Waals surface area (Å²) >= 11 is 0. The van der Waals surface area contributed by atoms with E-state index in [9.17, 15) is 38.6 Å². The fourth-order valence-electron chi connectivity index (χ4n) is 0.895. The van der Waals surface area contributed by atoms with E-state index in [-0.39, 0.29) is 46.1 Å². The Hall–Kier alpha value is 1.30. The van der Waals surface area contributed by atoms with Crippen LogP contribution in [0.2, 0.25) is 0 Å². The summed E-state index contributed by atoms with van der Waals surface area (Å²) in [6.45, 7) is -2.63. The van der Waals surface area contributed by atoms with E-state index in [1.165, 1.54) is 0 Å². The number of carbonyl (C=O) groups excluding carboxylic acids is 1. The van der Waals surface area contributed by atoms with Crippen molar-refractivity contribution in [2.45, 2.75) is 18.3 Å². The van der Waals surface area contributed by atoms with E-state index in [0.717, 1.165) is 0 Å². The van der Waals surface area contributed by atoms with Gasteiger partial charge in [0.05, 0.1) is 22.3 Å². The van der Waals surface area contributed by atoms with E-state index in [2.05, 4.69) is 9.05 Å². The number of carbonyl (C=O) groups is 1. The van der Waals surface area contributed by atoms with Gasteiger partial charge in [0.1, 0.15) is 24.9 Å². The van der Waals surface area contributed by atoms with Crippen LogP contribution in [0.5, 0.6) is 0 Å². The molecule has 22 heavy (non-hydrogen) atoms. The third-order valence-corrected chi connectivity index (χ3v) is 2.73. The van der Waals surface area contributed by atoms with E-state index >= 15 is 0 Å². The number of phosphoric ester groups is 2. The van der Waals surface area contributed by atoms with Crippen LogP contribution in [-0.4, -0.2) is 98.7 Å². The molecule has 3 atom stereocenters. The number of aliphatic hydroxyl groups is 3. The summed E-state index contributed by atoms with van der Waals surface area (Å²) in [6, 6.07) is 0. The molecule has 0 rings (SSSR count). The molecule has 0 heterocycles. The van der Waals surface area contributed by atoms with Crippen LogP contribution in [0.4, 0.5) is 0 Å². The van der Waals surface area contributed by atoms with Gasteiger partial charge in [0.15, 0.2) is 5.78 Å². The van der Waals surface area contributed by atoms with Gasteiger partial charge in [-0.05, 0) is 0 Å². The third kappa shape index (κ3) is 13.7. The Balaban J connectivity index is -0.00000180. The van der Waals surface area contributed by atoms with Gasteiger partial charge in [-0.3, -0.25) is 4.79 Å². The van der Waals surface area contributed by atoms with Crippen molar-refractivity contribution in [1.29, 1.82) is 0 Å². The Morgan fingerprint density at radius 3 is 1.73 bits per heavy atom. The molecule has 120 valence electrons. The third-order valence-electron chi connectivity index (χ3n) is 1.82. The zero-order valence-electron chi connectivity index (χ0n) is 11.0. The molecule has 0 saturated carbocycles. The van der Waals surface area contributed by atoms with Crippen molar-refractivity contribution in [1.82, 2.24) is 0 Å². The smallest absolute Gasteiger partial charge is 0.790 e. The monoisotopic (exact) mass is 384 g/mol. The zero-order chi connectivity index (χ0) is 16.1. The molecule has 0 fully saturated rings. The average Bonchev–Trinajstić information content (AvgIpc) is 2.29. The van der Waals surface area contributed by atoms with Gasteiger partial charge >= 0.3 is 46.1 Å². The van der Waals surface area contributed by atoms with Crippen molar-refractivity contribution in [2.75, 3.05) is 13.2 Å². The summed E-state index contributed by atoms with van der Waals surface area (Å²) in [5, 5.41) is 27.5. The summed E-state index contributed by atoms with van der Waals surface area (Å²) in [6.07, 6.45) is -6.83. The van der Waals surface area contributed by atoms with Crippen LogP contribution < -0.4 is 19.6 Å². The number of hydrogen-bond acceptors (Lipinski definition) is 12. The van der Waals surface area contributed by atoms with Crippen molar-refractivity contribution in [3.63, 3.8) is 0 Å². The van der Waals surface area contributed by atoms with Crippen LogP contribution in [-0.2, 0) is 23.0 Å². The van der Waals surface area contributed by atoms with Crippen LogP contribution in [0, 0.1) is 0 Å². The van der Waals surface area contributed by atoms with Crippen LogP contribution >= 0.6 is 15.6 Å². The van der Waals surface area contributed by atoms with E-state index in [4.69, 9.17) is 10.2 Å². The van der Waals surface area contributed by atoms with Gasteiger partial charge in [0, 0.05) is 0 Å². The van der Waals surface area contributed by atoms with Crippen molar-refractivity contribution < 1.29 is 57.9 Å². The number of phosphoric acid groups is 2. The normalized spacial score (nSPS) is 16.0. The fraction of sp³-hybridized carbons (Fsp3) is 0.833. The van der Waals surface area contributed by atoms with Gasteiger partial charge in [-0.15, -0.1) is 0 Å². The fourth-order valence-corrected chi connectivity index (χ4v) is 1.52. The van der Waals surface area contributed by atoms with Crippen LogP contribution in [0.25, 0.3) is 0 Å². The number of rotatable bonds is 9. The Bertz CT molecular complexity index is 420. The van der Waals surface area contributed by atoms with Crippen molar-refractivity contribution in [3.05, 3.63) is 0 Å². The second-order valence-corrected chi connectivity index (χ2v) is 5.74. The van der Waals surface area contributed by atoms with Crippen molar-refractivity contribution in [2.24, 2.45) is 0 Å². The maximum absolute atomic E-state index is 11.1. The SMILES string of the molecule is O=C(COP(=O)([O-])[O-])C(O)C(O)C(O)COP(=O)([O-])[O-].[Mg+2].[Mg+2]. The van der Waals surface area contributed by atoms with E-state index in [1.807, 2.05) is 0 Å². The Labute approximate surface area is 156 Å². The molecule has 16 heteroatoms.